The van der Waals surface area contributed by atoms with Crippen molar-refractivity contribution in [3.05, 3.63) is 34.9 Å². The number of aliphatic hydroxyl groups is 2. The van der Waals surface area contributed by atoms with Crippen molar-refractivity contribution in [3.63, 3.8) is 0 Å². The SMILES string of the molecule is CCC(CO)(CO)NC(=O)Cc1cccc(Cl)c1. The molecule has 0 bridgehead atoms. The van der Waals surface area contributed by atoms with Crippen LogP contribution in [-0.4, -0.2) is 34.9 Å². The molecule has 1 aromatic carbocycles. The van der Waals surface area contributed by atoms with Crippen LogP contribution >= 0.6 is 11.6 Å². The molecule has 18 heavy (non-hydrogen) atoms. The molecular weight excluding hydrogens is 254 g/mol. The number of amides is 1. The van der Waals surface area contributed by atoms with Crippen molar-refractivity contribution in [1.29, 1.82) is 0 Å². The van der Waals surface area contributed by atoms with Crippen LogP contribution in [-0.2, 0) is 11.2 Å². The van der Waals surface area contributed by atoms with Gasteiger partial charge in [-0.3, -0.25) is 4.79 Å². The van der Waals surface area contributed by atoms with Crippen molar-refractivity contribution in [2.24, 2.45) is 0 Å². The Hall–Kier alpha value is -1.10. The Bertz CT molecular complexity index is 397. The quantitative estimate of drug-likeness (QED) is 0.727. The Kier molecular flexibility index (Phi) is 5.59. The van der Waals surface area contributed by atoms with Gasteiger partial charge < -0.3 is 15.5 Å². The summed E-state index contributed by atoms with van der Waals surface area (Å²) in [5.41, 5.74) is -0.156. The summed E-state index contributed by atoms with van der Waals surface area (Å²) in [5.74, 6) is -0.248. The lowest BCUT2D eigenvalue weighted by Gasteiger charge is -2.29. The lowest BCUT2D eigenvalue weighted by Crippen LogP contribution is -2.54. The molecule has 1 aromatic rings. The molecule has 1 rings (SSSR count). The highest BCUT2D eigenvalue weighted by Crippen LogP contribution is 2.13. The van der Waals surface area contributed by atoms with Gasteiger partial charge in [0.25, 0.3) is 0 Å². The van der Waals surface area contributed by atoms with E-state index in [4.69, 9.17) is 11.6 Å². The zero-order valence-electron chi connectivity index (χ0n) is 10.3. The third-order valence-corrected chi connectivity index (χ3v) is 3.18. The average molecular weight is 272 g/mol. The van der Waals surface area contributed by atoms with E-state index in [-0.39, 0.29) is 25.5 Å². The fraction of sp³-hybridized carbons (Fsp3) is 0.462. The molecule has 0 unspecified atom stereocenters. The standard InChI is InChI=1S/C13H18ClNO3/c1-2-13(8-16,9-17)15-12(18)7-10-4-3-5-11(14)6-10/h3-6,16-17H,2,7-9H2,1H3,(H,15,18). The predicted molar refractivity (Wildman–Crippen MR) is 70.5 cm³/mol. The largest absolute Gasteiger partial charge is 0.394 e. The number of hydrogen-bond donors (Lipinski definition) is 3. The van der Waals surface area contributed by atoms with Crippen LogP contribution in [0.4, 0.5) is 0 Å². The van der Waals surface area contributed by atoms with Crippen molar-refractivity contribution in [3.8, 4) is 0 Å². The van der Waals surface area contributed by atoms with Crippen molar-refractivity contribution < 1.29 is 15.0 Å². The molecule has 5 heteroatoms. The highest BCUT2D eigenvalue weighted by molar-refractivity contribution is 6.30. The second-order valence-electron chi connectivity index (χ2n) is 4.30. The number of halogens is 1. The van der Waals surface area contributed by atoms with E-state index < -0.39 is 5.54 Å². The van der Waals surface area contributed by atoms with E-state index >= 15 is 0 Å². The van der Waals surface area contributed by atoms with E-state index in [9.17, 15) is 15.0 Å². The van der Waals surface area contributed by atoms with Crippen LogP contribution in [0, 0.1) is 0 Å². The minimum absolute atomic E-state index is 0.169. The summed E-state index contributed by atoms with van der Waals surface area (Å²) in [7, 11) is 0. The third kappa shape index (κ3) is 3.98. The molecule has 4 nitrogen and oxygen atoms in total. The number of benzene rings is 1. The summed E-state index contributed by atoms with van der Waals surface area (Å²) < 4.78 is 0. The maximum absolute atomic E-state index is 11.8. The van der Waals surface area contributed by atoms with Gasteiger partial charge in [0, 0.05) is 5.02 Å². The maximum atomic E-state index is 11.8. The Morgan fingerprint density at radius 2 is 2.06 bits per heavy atom. The second-order valence-corrected chi connectivity index (χ2v) is 4.74. The molecule has 0 atom stereocenters. The normalized spacial score (nSPS) is 11.3. The van der Waals surface area contributed by atoms with Gasteiger partial charge in [0.15, 0.2) is 0 Å². The van der Waals surface area contributed by atoms with Crippen molar-refractivity contribution in [1.82, 2.24) is 5.32 Å². The predicted octanol–water partition coefficient (Wildman–Crippen LogP) is 1.13. The van der Waals surface area contributed by atoms with Gasteiger partial charge in [0.2, 0.25) is 5.91 Å². The van der Waals surface area contributed by atoms with E-state index in [1.54, 1.807) is 31.2 Å². The van der Waals surface area contributed by atoms with E-state index in [0.29, 0.717) is 11.4 Å². The van der Waals surface area contributed by atoms with Crippen LogP contribution in [0.5, 0.6) is 0 Å². The monoisotopic (exact) mass is 271 g/mol. The zero-order chi connectivity index (χ0) is 13.6. The number of hydrogen-bond acceptors (Lipinski definition) is 3. The van der Waals surface area contributed by atoms with Crippen LogP contribution in [0.2, 0.25) is 5.02 Å². The highest BCUT2D eigenvalue weighted by atomic mass is 35.5. The van der Waals surface area contributed by atoms with Gasteiger partial charge in [-0.25, -0.2) is 0 Å². The first-order chi connectivity index (χ1) is 8.55. The average Bonchev–Trinajstić information content (AvgIpc) is 2.36. The first-order valence-electron chi connectivity index (χ1n) is 5.82. The molecule has 0 fully saturated rings. The van der Waals surface area contributed by atoms with Gasteiger partial charge in [-0.15, -0.1) is 0 Å². The van der Waals surface area contributed by atoms with Gasteiger partial charge in [-0.05, 0) is 24.1 Å². The Morgan fingerprint density at radius 3 is 2.56 bits per heavy atom. The van der Waals surface area contributed by atoms with Gasteiger partial charge in [0.05, 0.1) is 25.2 Å². The summed E-state index contributed by atoms with van der Waals surface area (Å²) in [4.78, 5) is 11.8. The first-order valence-corrected chi connectivity index (χ1v) is 6.20. The van der Waals surface area contributed by atoms with Crippen LogP contribution < -0.4 is 5.32 Å². The maximum Gasteiger partial charge on any atom is 0.225 e. The van der Waals surface area contributed by atoms with E-state index in [2.05, 4.69) is 5.32 Å². The lowest BCUT2D eigenvalue weighted by atomic mass is 9.98. The van der Waals surface area contributed by atoms with Crippen LogP contribution in [0.1, 0.15) is 18.9 Å². The van der Waals surface area contributed by atoms with Crippen LogP contribution in [0.25, 0.3) is 0 Å². The summed E-state index contributed by atoms with van der Waals surface area (Å²) >= 11 is 5.83. The topological polar surface area (TPSA) is 69.6 Å². The molecule has 0 saturated heterocycles. The fourth-order valence-electron chi connectivity index (χ4n) is 1.61. The van der Waals surface area contributed by atoms with E-state index in [1.807, 2.05) is 0 Å². The van der Waals surface area contributed by atoms with E-state index in [0.717, 1.165) is 5.56 Å². The highest BCUT2D eigenvalue weighted by Gasteiger charge is 2.28. The summed E-state index contributed by atoms with van der Waals surface area (Å²) in [6.45, 7) is 1.22. The van der Waals surface area contributed by atoms with Gasteiger partial charge in [-0.2, -0.15) is 0 Å². The molecule has 0 aliphatic heterocycles. The van der Waals surface area contributed by atoms with Crippen molar-refractivity contribution in [2.75, 3.05) is 13.2 Å². The molecular formula is C13H18ClNO3. The van der Waals surface area contributed by atoms with Crippen LogP contribution in [0.15, 0.2) is 24.3 Å². The number of carbonyl (C=O) groups is 1. The minimum Gasteiger partial charge on any atom is -0.394 e. The molecule has 3 N–H and O–H groups in total. The molecule has 0 radical (unpaired) electrons. The Morgan fingerprint density at radius 1 is 1.39 bits per heavy atom. The molecule has 100 valence electrons. The molecule has 0 aliphatic carbocycles. The van der Waals surface area contributed by atoms with Crippen LogP contribution in [0.3, 0.4) is 0 Å². The zero-order valence-corrected chi connectivity index (χ0v) is 11.1. The number of carbonyl (C=O) groups excluding carboxylic acids is 1. The molecule has 0 heterocycles. The molecule has 0 aliphatic rings. The molecule has 1 amide bonds. The number of rotatable bonds is 6. The van der Waals surface area contributed by atoms with Gasteiger partial charge in [0.1, 0.15) is 0 Å². The number of nitrogens with one attached hydrogen (secondary N) is 1. The van der Waals surface area contributed by atoms with Gasteiger partial charge >= 0.3 is 0 Å². The van der Waals surface area contributed by atoms with E-state index in [1.165, 1.54) is 0 Å². The lowest BCUT2D eigenvalue weighted by molar-refractivity contribution is -0.123. The Balaban J connectivity index is 2.66. The minimum atomic E-state index is -0.949. The molecule has 0 aromatic heterocycles. The third-order valence-electron chi connectivity index (χ3n) is 2.94. The summed E-state index contributed by atoms with van der Waals surface area (Å²) in [5, 5.41) is 21.7. The van der Waals surface area contributed by atoms with Crippen molar-refractivity contribution in [2.45, 2.75) is 25.3 Å². The molecule has 0 spiro atoms. The smallest absolute Gasteiger partial charge is 0.225 e. The first kappa shape index (κ1) is 15.0. The van der Waals surface area contributed by atoms with Gasteiger partial charge in [-0.1, -0.05) is 30.7 Å². The Labute approximate surface area is 112 Å². The fourth-order valence-corrected chi connectivity index (χ4v) is 1.83. The second kappa shape index (κ2) is 6.73. The molecule has 0 saturated carbocycles. The summed E-state index contributed by atoms with van der Waals surface area (Å²) in [6.07, 6.45) is 0.629. The van der Waals surface area contributed by atoms with Crippen molar-refractivity contribution >= 4 is 17.5 Å². The summed E-state index contributed by atoms with van der Waals surface area (Å²) in [6, 6.07) is 7.03. The number of aliphatic hydroxyl groups excluding tert-OH is 2.